The van der Waals surface area contributed by atoms with Crippen LogP contribution in [-0.4, -0.2) is 47.3 Å². The maximum atomic E-state index is 14.1. The molecule has 1 aromatic heterocycles. The maximum Gasteiger partial charge on any atom is 0.319 e. The van der Waals surface area contributed by atoms with Crippen molar-refractivity contribution in [3.8, 4) is 11.9 Å². The Kier molecular flexibility index (Phi) is 5.21. The summed E-state index contributed by atoms with van der Waals surface area (Å²) in [5.41, 5.74) is 0.258. The molecule has 0 amide bonds. The number of aliphatic hydroxyl groups is 1. The number of hydrogen-bond donors (Lipinski definition) is 1. The van der Waals surface area contributed by atoms with Gasteiger partial charge in [0.15, 0.2) is 0 Å². The summed E-state index contributed by atoms with van der Waals surface area (Å²) in [5, 5.41) is 11.8. The number of hydrogen-bond acceptors (Lipinski definition) is 6. The van der Waals surface area contributed by atoms with Gasteiger partial charge in [-0.2, -0.15) is 4.98 Å². The lowest BCUT2D eigenvalue weighted by Crippen LogP contribution is -2.58. The molecule has 4 rings (SSSR count). The van der Waals surface area contributed by atoms with E-state index >= 15 is 0 Å². The summed E-state index contributed by atoms with van der Waals surface area (Å²) in [5.74, 6) is 0.197. The van der Waals surface area contributed by atoms with Crippen LogP contribution in [0.1, 0.15) is 30.4 Å². The lowest BCUT2D eigenvalue weighted by molar-refractivity contribution is -0.149. The minimum absolute atomic E-state index is 0.0117. The van der Waals surface area contributed by atoms with E-state index in [-0.39, 0.29) is 23.7 Å². The number of piperidine rings is 1. The van der Waals surface area contributed by atoms with Gasteiger partial charge in [0.25, 0.3) is 0 Å². The first-order chi connectivity index (χ1) is 13.6. The third-order valence-corrected chi connectivity index (χ3v) is 6.20. The molecule has 1 aliphatic heterocycles. The fourth-order valence-electron chi connectivity index (χ4n) is 4.86. The van der Waals surface area contributed by atoms with Crippen LogP contribution in [0.5, 0.6) is 11.9 Å². The molecule has 0 radical (unpaired) electrons. The molecule has 28 heavy (non-hydrogen) atoms. The van der Waals surface area contributed by atoms with Gasteiger partial charge in [0, 0.05) is 43.2 Å². The quantitative estimate of drug-likeness (QED) is 0.851. The molecular formula is C21H26FN3O3. The topological polar surface area (TPSA) is 67.7 Å². The van der Waals surface area contributed by atoms with E-state index in [1.165, 1.54) is 20.3 Å². The Morgan fingerprint density at radius 3 is 2.54 bits per heavy atom. The summed E-state index contributed by atoms with van der Waals surface area (Å²) in [6.07, 6.45) is 4.50. The minimum Gasteiger partial charge on any atom is -0.481 e. The first-order valence-corrected chi connectivity index (χ1v) is 9.69. The third-order valence-electron chi connectivity index (χ3n) is 6.20. The van der Waals surface area contributed by atoms with Gasteiger partial charge in [-0.1, -0.05) is 24.6 Å². The van der Waals surface area contributed by atoms with Gasteiger partial charge in [0.2, 0.25) is 5.88 Å². The number of fused-ring (bicyclic) bond motifs is 2. The molecule has 6 nitrogen and oxygen atoms in total. The Labute approximate surface area is 164 Å². The lowest BCUT2D eigenvalue weighted by Gasteiger charge is -2.53. The number of benzene rings is 1. The molecule has 2 atom stereocenters. The van der Waals surface area contributed by atoms with Crippen molar-refractivity contribution in [2.45, 2.75) is 31.4 Å². The molecule has 7 heteroatoms. The molecule has 1 aromatic carbocycles. The van der Waals surface area contributed by atoms with Crippen LogP contribution < -0.4 is 9.47 Å². The second kappa shape index (κ2) is 7.64. The van der Waals surface area contributed by atoms with Gasteiger partial charge < -0.3 is 14.6 Å². The molecule has 1 saturated carbocycles. The molecule has 1 aliphatic carbocycles. The van der Waals surface area contributed by atoms with Gasteiger partial charge in [-0.15, -0.1) is 0 Å². The van der Waals surface area contributed by atoms with Crippen LogP contribution in [0.25, 0.3) is 0 Å². The second-order valence-corrected chi connectivity index (χ2v) is 7.72. The fourth-order valence-corrected chi connectivity index (χ4v) is 4.86. The number of halogens is 1. The Bertz CT molecular complexity index is 833. The van der Waals surface area contributed by atoms with Crippen LogP contribution >= 0.6 is 0 Å². The number of nitrogens with zero attached hydrogens (tertiary/aromatic N) is 3. The molecule has 2 aliphatic rings. The maximum absolute atomic E-state index is 14.1. The van der Waals surface area contributed by atoms with Crippen molar-refractivity contribution in [1.82, 2.24) is 14.9 Å². The van der Waals surface area contributed by atoms with Gasteiger partial charge >= 0.3 is 6.01 Å². The molecule has 2 aromatic rings. The summed E-state index contributed by atoms with van der Waals surface area (Å²) in [7, 11) is 3.04. The first-order valence-electron chi connectivity index (χ1n) is 9.69. The van der Waals surface area contributed by atoms with E-state index in [0.717, 1.165) is 19.3 Å². The highest BCUT2D eigenvalue weighted by molar-refractivity contribution is 5.34. The van der Waals surface area contributed by atoms with E-state index in [0.29, 0.717) is 36.6 Å². The van der Waals surface area contributed by atoms with Crippen molar-refractivity contribution in [2.24, 2.45) is 11.8 Å². The van der Waals surface area contributed by atoms with Crippen molar-refractivity contribution < 1.29 is 19.0 Å². The molecule has 2 unspecified atom stereocenters. The van der Waals surface area contributed by atoms with Gasteiger partial charge in [0.1, 0.15) is 11.4 Å². The number of aromatic nitrogens is 2. The van der Waals surface area contributed by atoms with Crippen LogP contribution in [0.15, 0.2) is 30.5 Å². The summed E-state index contributed by atoms with van der Waals surface area (Å²) in [4.78, 5) is 10.7. The fraction of sp³-hybridized carbons (Fsp3) is 0.524. The van der Waals surface area contributed by atoms with E-state index in [4.69, 9.17) is 9.47 Å². The molecule has 2 bridgehead atoms. The number of rotatable bonds is 5. The molecular weight excluding hydrogens is 361 g/mol. The average Bonchev–Trinajstić information content (AvgIpc) is 2.70. The first kappa shape index (κ1) is 19.1. The molecule has 2 fully saturated rings. The highest BCUT2D eigenvalue weighted by Gasteiger charge is 2.53. The van der Waals surface area contributed by atoms with Crippen LogP contribution in [-0.2, 0) is 12.1 Å². The predicted molar refractivity (Wildman–Crippen MR) is 102 cm³/mol. The van der Waals surface area contributed by atoms with Crippen LogP contribution in [0.3, 0.4) is 0 Å². The predicted octanol–water partition coefficient (Wildman–Crippen LogP) is 2.75. The molecule has 2 heterocycles. The smallest absolute Gasteiger partial charge is 0.319 e. The molecule has 150 valence electrons. The van der Waals surface area contributed by atoms with E-state index in [2.05, 4.69) is 14.9 Å². The summed E-state index contributed by atoms with van der Waals surface area (Å²) in [6.45, 7) is 1.93. The summed E-state index contributed by atoms with van der Waals surface area (Å²) >= 11 is 0. The van der Waals surface area contributed by atoms with Crippen LogP contribution in [0, 0.1) is 17.7 Å². The number of ether oxygens (including phenoxy) is 2. The number of likely N-dealkylation sites (tertiary alicyclic amines) is 1. The van der Waals surface area contributed by atoms with Crippen molar-refractivity contribution in [3.63, 3.8) is 0 Å². The van der Waals surface area contributed by atoms with Gasteiger partial charge in [0.05, 0.1) is 19.8 Å². The molecule has 1 saturated heterocycles. The van der Waals surface area contributed by atoms with E-state index in [1.54, 1.807) is 12.3 Å². The van der Waals surface area contributed by atoms with E-state index in [9.17, 15) is 9.50 Å². The highest BCUT2D eigenvalue weighted by atomic mass is 19.1. The van der Waals surface area contributed by atoms with Crippen molar-refractivity contribution >= 4 is 0 Å². The van der Waals surface area contributed by atoms with Crippen molar-refractivity contribution in [1.29, 1.82) is 0 Å². The van der Waals surface area contributed by atoms with Crippen LogP contribution in [0.2, 0.25) is 0 Å². The largest absolute Gasteiger partial charge is 0.481 e. The Balaban J connectivity index is 1.63. The average molecular weight is 387 g/mol. The monoisotopic (exact) mass is 387 g/mol. The third kappa shape index (κ3) is 3.22. The second-order valence-electron chi connectivity index (χ2n) is 7.72. The van der Waals surface area contributed by atoms with E-state index in [1.807, 2.05) is 12.1 Å². The van der Waals surface area contributed by atoms with Gasteiger partial charge in [-0.3, -0.25) is 4.90 Å². The Hall–Kier alpha value is -2.25. The minimum atomic E-state index is -1.05. The normalized spacial score (nSPS) is 27.4. The molecule has 0 spiro atoms. The SMILES string of the molecule is COc1ncc(C2(O)C3CCCC2CN(Cc2ccccc2F)C3)c(OC)n1. The Morgan fingerprint density at radius 2 is 1.89 bits per heavy atom. The Morgan fingerprint density at radius 1 is 1.18 bits per heavy atom. The van der Waals surface area contributed by atoms with Crippen molar-refractivity contribution in [3.05, 3.63) is 47.4 Å². The van der Waals surface area contributed by atoms with Gasteiger partial charge in [-0.05, 0) is 18.9 Å². The standard InChI is InChI=1S/C21H26FN3O3/c1-27-19-17(10-23-20(24-19)28-2)21(26)15-7-5-8-16(21)13-25(12-15)11-14-6-3-4-9-18(14)22/h3-4,6,9-10,15-16,26H,5,7-8,11-13H2,1-2H3. The number of methoxy groups -OCH3 is 2. The molecule has 1 N–H and O–H groups in total. The van der Waals surface area contributed by atoms with Crippen LogP contribution in [0.4, 0.5) is 4.39 Å². The van der Waals surface area contributed by atoms with Gasteiger partial charge in [-0.25, -0.2) is 9.37 Å². The zero-order chi connectivity index (χ0) is 19.7. The zero-order valence-electron chi connectivity index (χ0n) is 16.3. The summed E-state index contributed by atoms with van der Waals surface area (Å²) < 4.78 is 24.6. The zero-order valence-corrected chi connectivity index (χ0v) is 16.3. The lowest BCUT2D eigenvalue weighted by atomic mass is 9.63. The highest BCUT2D eigenvalue weighted by Crippen LogP contribution is 2.51. The summed E-state index contributed by atoms with van der Waals surface area (Å²) in [6, 6.07) is 7.10. The van der Waals surface area contributed by atoms with E-state index < -0.39 is 5.60 Å². The van der Waals surface area contributed by atoms with Crippen molar-refractivity contribution in [2.75, 3.05) is 27.3 Å².